The predicted molar refractivity (Wildman–Crippen MR) is 82.9 cm³/mol. The van der Waals surface area contributed by atoms with Crippen molar-refractivity contribution < 1.29 is 14.3 Å². The molecule has 0 spiro atoms. The van der Waals surface area contributed by atoms with E-state index in [4.69, 9.17) is 14.7 Å². The summed E-state index contributed by atoms with van der Waals surface area (Å²) < 4.78 is 11.1. The third-order valence-corrected chi connectivity index (χ3v) is 3.68. The van der Waals surface area contributed by atoms with Crippen LogP contribution in [0, 0.1) is 11.3 Å². The first-order chi connectivity index (χ1) is 10.7. The molecule has 1 aliphatic rings. The highest BCUT2D eigenvalue weighted by Gasteiger charge is 2.17. The first-order valence-electron chi connectivity index (χ1n) is 7.82. The Morgan fingerprint density at radius 2 is 1.91 bits per heavy atom. The number of hydrogen-bond acceptors (Lipinski definition) is 4. The Hall–Kier alpha value is -2.22. The summed E-state index contributed by atoms with van der Waals surface area (Å²) in [6, 6.07) is 7.04. The molecule has 22 heavy (non-hydrogen) atoms. The molecule has 1 aromatic carbocycles. The van der Waals surface area contributed by atoms with Crippen LogP contribution >= 0.6 is 0 Å². The molecular formula is C17H22N2O3. The molecule has 1 amide bonds. The van der Waals surface area contributed by atoms with Crippen LogP contribution in [-0.2, 0) is 4.79 Å². The number of ether oxygens (including phenoxy) is 2. The molecule has 0 atom stereocenters. The molecule has 118 valence electrons. The van der Waals surface area contributed by atoms with Gasteiger partial charge in [-0.05, 0) is 31.9 Å². The van der Waals surface area contributed by atoms with Gasteiger partial charge >= 0.3 is 0 Å². The molecule has 0 bridgehead atoms. The normalized spacial score (nSPS) is 14.8. The van der Waals surface area contributed by atoms with Crippen LogP contribution in [0.15, 0.2) is 18.2 Å². The van der Waals surface area contributed by atoms with Gasteiger partial charge in [-0.2, -0.15) is 5.26 Å². The average molecular weight is 302 g/mol. The summed E-state index contributed by atoms with van der Waals surface area (Å²) in [6.07, 6.45) is 4.50. The number of nitrogens with zero attached hydrogens (tertiary/aromatic N) is 2. The average Bonchev–Trinajstić information content (AvgIpc) is 2.83. The van der Waals surface area contributed by atoms with Crippen LogP contribution in [0.5, 0.6) is 11.5 Å². The molecule has 0 saturated carbocycles. The van der Waals surface area contributed by atoms with E-state index in [0.717, 1.165) is 25.9 Å². The highest BCUT2D eigenvalue weighted by molar-refractivity contribution is 5.77. The lowest BCUT2D eigenvalue weighted by molar-refractivity contribution is -0.133. The number of likely N-dealkylation sites (tertiary alicyclic amines) is 1. The lowest BCUT2D eigenvalue weighted by Gasteiger charge is -2.20. The van der Waals surface area contributed by atoms with Gasteiger partial charge in [-0.25, -0.2) is 0 Å². The topological polar surface area (TPSA) is 62.6 Å². The van der Waals surface area contributed by atoms with E-state index >= 15 is 0 Å². The van der Waals surface area contributed by atoms with Crippen molar-refractivity contribution in [3.63, 3.8) is 0 Å². The largest absolute Gasteiger partial charge is 0.490 e. The molecule has 1 fully saturated rings. The van der Waals surface area contributed by atoms with E-state index in [-0.39, 0.29) is 12.5 Å². The number of carbonyl (C=O) groups excluding carboxylic acids is 1. The van der Waals surface area contributed by atoms with E-state index in [9.17, 15) is 4.79 Å². The van der Waals surface area contributed by atoms with Gasteiger partial charge in [0, 0.05) is 19.2 Å². The van der Waals surface area contributed by atoms with Gasteiger partial charge in [0.05, 0.1) is 18.2 Å². The summed E-state index contributed by atoms with van der Waals surface area (Å²) in [5.41, 5.74) is 0.509. The van der Waals surface area contributed by atoms with Crippen molar-refractivity contribution in [2.24, 2.45) is 0 Å². The van der Waals surface area contributed by atoms with Crippen molar-refractivity contribution in [2.75, 3.05) is 26.3 Å². The number of nitriles is 1. The SMILES string of the molecule is CCOc1cc(C#N)ccc1OCC(=O)N1CCCCCC1. The zero-order valence-corrected chi connectivity index (χ0v) is 13.0. The summed E-state index contributed by atoms with van der Waals surface area (Å²) in [6.45, 7) is 3.98. The van der Waals surface area contributed by atoms with Crippen LogP contribution in [0.3, 0.4) is 0 Å². The maximum atomic E-state index is 12.2. The van der Waals surface area contributed by atoms with Crippen LogP contribution in [0.4, 0.5) is 0 Å². The Balaban J connectivity index is 1.98. The molecule has 5 heteroatoms. The van der Waals surface area contributed by atoms with Gasteiger partial charge in [-0.3, -0.25) is 4.79 Å². The summed E-state index contributed by atoms with van der Waals surface area (Å²) >= 11 is 0. The zero-order chi connectivity index (χ0) is 15.8. The number of rotatable bonds is 5. The minimum Gasteiger partial charge on any atom is -0.490 e. The van der Waals surface area contributed by atoms with Crippen molar-refractivity contribution in [3.05, 3.63) is 23.8 Å². The standard InChI is InChI=1S/C17H22N2O3/c1-2-21-16-11-14(12-18)7-8-15(16)22-13-17(20)19-9-5-3-4-6-10-19/h7-8,11H,2-6,9-10,13H2,1H3. The number of hydrogen-bond donors (Lipinski definition) is 0. The van der Waals surface area contributed by atoms with Crippen LogP contribution in [0.1, 0.15) is 38.2 Å². The predicted octanol–water partition coefficient (Wildman–Crippen LogP) is 2.74. The van der Waals surface area contributed by atoms with Crippen molar-refractivity contribution in [3.8, 4) is 17.6 Å². The summed E-state index contributed by atoms with van der Waals surface area (Å²) in [4.78, 5) is 14.1. The minimum atomic E-state index is 0.00593. The fourth-order valence-electron chi connectivity index (χ4n) is 2.52. The van der Waals surface area contributed by atoms with Crippen molar-refractivity contribution in [1.29, 1.82) is 5.26 Å². The quantitative estimate of drug-likeness (QED) is 0.839. The summed E-state index contributed by atoms with van der Waals surface area (Å²) in [5.74, 6) is 1.02. The first kappa shape index (κ1) is 16.2. The van der Waals surface area contributed by atoms with Crippen LogP contribution in [0.2, 0.25) is 0 Å². The second-order valence-electron chi connectivity index (χ2n) is 5.29. The number of benzene rings is 1. The van der Waals surface area contributed by atoms with Gasteiger partial charge < -0.3 is 14.4 Å². The Morgan fingerprint density at radius 1 is 1.18 bits per heavy atom. The molecule has 0 aliphatic carbocycles. The molecule has 1 aliphatic heterocycles. The minimum absolute atomic E-state index is 0.00593. The van der Waals surface area contributed by atoms with E-state index in [2.05, 4.69) is 6.07 Å². The second-order valence-corrected chi connectivity index (χ2v) is 5.29. The van der Waals surface area contributed by atoms with Gasteiger partial charge in [-0.15, -0.1) is 0 Å². The van der Waals surface area contributed by atoms with Crippen molar-refractivity contribution in [2.45, 2.75) is 32.6 Å². The Kier molecular flexibility index (Phi) is 6.08. The highest BCUT2D eigenvalue weighted by Crippen LogP contribution is 2.28. The summed E-state index contributed by atoms with van der Waals surface area (Å²) in [7, 11) is 0. The Labute approximate surface area is 131 Å². The number of amides is 1. The monoisotopic (exact) mass is 302 g/mol. The van der Waals surface area contributed by atoms with Crippen molar-refractivity contribution >= 4 is 5.91 Å². The van der Waals surface area contributed by atoms with E-state index in [0.29, 0.717) is 23.7 Å². The summed E-state index contributed by atoms with van der Waals surface area (Å²) in [5, 5.41) is 8.93. The van der Waals surface area contributed by atoms with Crippen molar-refractivity contribution in [1.82, 2.24) is 4.90 Å². The Bertz CT molecular complexity index is 543. The second kappa shape index (κ2) is 8.28. The number of carbonyl (C=O) groups is 1. The van der Waals surface area contributed by atoms with Gasteiger partial charge in [0.25, 0.3) is 5.91 Å². The van der Waals surface area contributed by atoms with Gasteiger partial charge in [0.1, 0.15) is 0 Å². The molecule has 1 aromatic rings. The molecule has 0 N–H and O–H groups in total. The van der Waals surface area contributed by atoms with Gasteiger partial charge in [0.15, 0.2) is 18.1 Å². The van der Waals surface area contributed by atoms with E-state index in [1.54, 1.807) is 18.2 Å². The fourth-order valence-corrected chi connectivity index (χ4v) is 2.52. The zero-order valence-electron chi connectivity index (χ0n) is 13.0. The molecule has 1 heterocycles. The third kappa shape index (κ3) is 4.39. The Morgan fingerprint density at radius 3 is 2.55 bits per heavy atom. The lowest BCUT2D eigenvalue weighted by atomic mass is 10.2. The molecule has 0 radical (unpaired) electrons. The smallest absolute Gasteiger partial charge is 0.260 e. The maximum Gasteiger partial charge on any atom is 0.260 e. The lowest BCUT2D eigenvalue weighted by Crippen LogP contribution is -2.35. The van der Waals surface area contributed by atoms with Crippen LogP contribution < -0.4 is 9.47 Å². The fraction of sp³-hybridized carbons (Fsp3) is 0.529. The first-order valence-corrected chi connectivity index (χ1v) is 7.82. The molecular weight excluding hydrogens is 280 g/mol. The van der Waals surface area contributed by atoms with Crippen LogP contribution in [0.25, 0.3) is 0 Å². The maximum absolute atomic E-state index is 12.2. The molecule has 2 rings (SSSR count). The molecule has 0 aromatic heterocycles. The van der Waals surface area contributed by atoms with E-state index in [1.807, 2.05) is 11.8 Å². The highest BCUT2D eigenvalue weighted by atomic mass is 16.5. The van der Waals surface area contributed by atoms with E-state index in [1.165, 1.54) is 12.8 Å². The van der Waals surface area contributed by atoms with Gasteiger partial charge in [-0.1, -0.05) is 12.8 Å². The molecule has 1 saturated heterocycles. The third-order valence-electron chi connectivity index (χ3n) is 3.68. The van der Waals surface area contributed by atoms with Gasteiger partial charge in [0.2, 0.25) is 0 Å². The van der Waals surface area contributed by atoms with E-state index < -0.39 is 0 Å². The van der Waals surface area contributed by atoms with Crippen LogP contribution in [-0.4, -0.2) is 37.1 Å². The molecule has 0 unspecified atom stereocenters. The molecule has 5 nitrogen and oxygen atoms in total.